The Morgan fingerprint density at radius 1 is 1.21 bits per heavy atom. The average molecular weight is 402 g/mol. The molecule has 1 saturated carbocycles. The van der Waals surface area contributed by atoms with E-state index in [1.165, 1.54) is 12.8 Å². The molecule has 2 heterocycles. The largest absolute Gasteiger partial charge is 0.492 e. The first-order valence-corrected chi connectivity index (χ1v) is 10.8. The summed E-state index contributed by atoms with van der Waals surface area (Å²) in [6, 6.07) is 4.16. The number of alkyl carbamates (subject to hydrolysis) is 1. The summed E-state index contributed by atoms with van der Waals surface area (Å²) in [7, 11) is 0. The molecule has 2 N–H and O–H groups in total. The lowest BCUT2D eigenvalue weighted by atomic mass is 9.99. The maximum Gasteiger partial charge on any atom is 0.407 e. The topological polar surface area (TPSA) is 79.9 Å². The van der Waals surface area contributed by atoms with Gasteiger partial charge in [0.05, 0.1) is 6.61 Å². The maximum atomic E-state index is 11.8. The molecule has 1 aromatic rings. The summed E-state index contributed by atoms with van der Waals surface area (Å²) in [6.07, 6.45) is 5.22. The molecule has 2 amide bonds. The van der Waals surface area contributed by atoms with Crippen molar-refractivity contribution in [3.05, 3.63) is 23.3 Å². The number of nitrogens with zero attached hydrogens (tertiary/aromatic N) is 1. The normalized spacial score (nSPS) is 20.0. The number of hydrogen-bond donors (Lipinski definition) is 2. The Bertz CT molecular complexity index is 755. The number of nitrogens with one attached hydrogen (secondary N) is 2. The van der Waals surface area contributed by atoms with Gasteiger partial charge in [0.1, 0.15) is 12.4 Å². The predicted octanol–water partition coefficient (Wildman–Crippen LogP) is 2.86. The molecular formula is C22H31N3O4. The minimum Gasteiger partial charge on any atom is -0.492 e. The first-order chi connectivity index (χ1) is 14.1. The number of aryl methyl sites for hydroxylation is 1. The number of anilines is 1. The quantitative estimate of drug-likeness (QED) is 0.734. The fraction of sp³-hybridized carbons (Fsp3) is 0.636. The molecule has 7 nitrogen and oxygen atoms in total. The van der Waals surface area contributed by atoms with Gasteiger partial charge in [0.25, 0.3) is 0 Å². The fourth-order valence-corrected chi connectivity index (χ4v) is 4.03. The van der Waals surface area contributed by atoms with Gasteiger partial charge in [-0.2, -0.15) is 0 Å². The molecule has 7 heteroatoms. The van der Waals surface area contributed by atoms with Crippen LogP contribution in [0.15, 0.2) is 12.1 Å². The summed E-state index contributed by atoms with van der Waals surface area (Å²) in [5.41, 5.74) is 3.09. The van der Waals surface area contributed by atoms with Gasteiger partial charge < -0.3 is 20.1 Å². The molecule has 1 saturated heterocycles. The number of amides is 2. The average Bonchev–Trinajstić information content (AvgIpc) is 3.54. The number of ether oxygens (including phenoxy) is 2. The van der Waals surface area contributed by atoms with E-state index in [0.717, 1.165) is 61.5 Å². The summed E-state index contributed by atoms with van der Waals surface area (Å²) in [6.45, 7) is 5.97. The molecular weight excluding hydrogens is 370 g/mol. The summed E-state index contributed by atoms with van der Waals surface area (Å²) < 4.78 is 11.4. The van der Waals surface area contributed by atoms with Crippen molar-refractivity contribution in [2.45, 2.75) is 51.5 Å². The van der Waals surface area contributed by atoms with Gasteiger partial charge >= 0.3 is 6.09 Å². The summed E-state index contributed by atoms with van der Waals surface area (Å²) in [5.74, 6) is 1.58. The smallest absolute Gasteiger partial charge is 0.407 e. The van der Waals surface area contributed by atoms with Crippen LogP contribution in [0.4, 0.5) is 10.5 Å². The van der Waals surface area contributed by atoms with Gasteiger partial charge in [-0.25, -0.2) is 4.79 Å². The van der Waals surface area contributed by atoms with Crippen LogP contribution in [-0.4, -0.2) is 55.8 Å². The van der Waals surface area contributed by atoms with Crippen LogP contribution in [0.25, 0.3) is 0 Å². The second kappa shape index (κ2) is 9.03. The van der Waals surface area contributed by atoms with Crippen molar-refractivity contribution in [1.82, 2.24) is 10.2 Å². The molecule has 1 aromatic carbocycles. The van der Waals surface area contributed by atoms with E-state index in [9.17, 15) is 9.59 Å². The number of likely N-dealkylation sites (tertiary alicyclic amines) is 1. The highest BCUT2D eigenvalue weighted by Crippen LogP contribution is 2.34. The van der Waals surface area contributed by atoms with E-state index in [0.29, 0.717) is 25.6 Å². The third-order valence-electron chi connectivity index (χ3n) is 6.04. The van der Waals surface area contributed by atoms with Crippen LogP contribution < -0.4 is 15.4 Å². The number of carbonyl (C=O) groups is 2. The summed E-state index contributed by atoms with van der Waals surface area (Å²) >= 11 is 0. The molecule has 1 aliphatic carbocycles. The standard InChI is InChI=1S/C22H31N3O4/c1-15-2-6-19-18(5-7-20(26)24-19)21(15)28-13-12-25-10-8-17(9-11-25)23-22(27)29-14-16-3-4-16/h2,6,16-17H,3-5,7-14H2,1H3,(H,23,27)(H,24,26). The molecule has 2 fully saturated rings. The Morgan fingerprint density at radius 2 is 2.00 bits per heavy atom. The van der Waals surface area contributed by atoms with Gasteiger partial charge in [0.2, 0.25) is 5.91 Å². The van der Waals surface area contributed by atoms with Crippen molar-refractivity contribution in [2.75, 3.05) is 38.2 Å². The predicted molar refractivity (Wildman–Crippen MR) is 110 cm³/mol. The van der Waals surface area contributed by atoms with Crippen LogP contribution in [0.5, 0.6) is 5.75 Å². The van der Waals surface area contributed by atoms with Crippen molar-refractivity contribution in [3.63, 3.8) is 0 Å². The zero-order valence-corrected chi connectivity index (χ0v) is 17.2. The SMILES string of the molecule is Cc1ccc2c(c1OCCN1CCC(NC(=O)OCC3CC3)CC1)CCC(=O)N2. The van der Waals surface area contributed by atoms with Gasteiger partial charge in [-0.3, -0.25) is 9.69 Å². The van der Waals surface area contributed by atoms with Gasteiger partial charge in [-0.15, -0.1) is 0 Å². The second-order valence-electron chi connectivity index (χ2n) is 8.44. The van der Waals surface area contributed by atoms with Gasteiger partial charge in [-0.1, -0.05) is 6.07 Å². The van der Waals surface area contributed by atoms with Crippen LogP contribution in [0.3, 0.4) is 0 Å². The third kappa shape index (κ3) is 5.41. The lowest BCUT2D eigenvalue weighted by Gasteiger charge is -2.32. The molecule has 2 aliphatic heterocycles. The Labute approximate surface area is 172 Å². The van der Waals surface area contributed by atoms with Crippen molar-refractivity contribution in [1.29, 1.82) is 0 Å². The van der Waals surface area contributed by atoms with Crippen LogP contribution in [0, 0.1) is 12.8 Å². The molecule has 4 rings (SSSR count). The Morgan fingerprint density at radius 3 is 2.76 bits per heavy atom. The van der Waals surface area contributed by atoms with Gasteiger partial charge in [0, 0.05) is 43.3 Å². The summed E-state index contributed by atoms with van der Waals surface area (Å²) in [4.78, 5) is 25.8. The van der Waals surface area contributed by atoms with Crippen LogP contribution in [0.1, 0.15) is 43.2 Å². The number of piperidine rings is 1. The zero-order valence-electron chi connectivity index (χ0n) is 17.2. The summed E-state index contributed by atoms with van der Waals surface area (Å²) in [5, 5.41) is 5.93. The first kappa shape index (κ1) is 20.0. The van der Waals surface area contributed by atoms with Crippen molar-refractivity contribution in [3.8, 4) is 5.75 Å². The van der Waals surface area contributed by atoms with E-state index in [1.54, 1.807) is 0 Å². The molecule has 158 valence electrons. The van der Waals surface area contributed by atoms with Crippen LogP contribution in [-0.2, 0) is 16.0 Å². The highest BCUT2D eigenvalue weighted by molar-refractivity contribution is 5.94. The number of benzene rings is 1. The number of hydrogen-bond acceptors (Lipinski definition) is 5. The van der Waals surface area contributed by atoms with E-state index in [4.69, 9.17) is 9.47 Å². The van der Waals surface area contributed by atoms with Crippen molar-refractivity contribution in [2.24, 2.45) is 5.92 Å². The van der Waals surface area contributed by atoms with E-state index in [2.05, 4.69) is 15.5 Å². The van der Waals surface area contributed by atoms with E-state index >= 15 is 0 Å². The molecule has 0 bridgehead atoms. The first-order valence-electron chi connectivity index (χ1n) is 10.8. The van der Waals surface area contributed by atoms with Gasteiger partial charge in [0.15, 0.2) is 0 Å². The van der Waals surface area contributed by atoms with Crippen molar-refractivity contribution >= 4 is 17.7 Å². The monoisotopic (exact) mass is 401 g/mol. The minimum absolute atomic E-state index is 0.0696. The van der Waals surface area contributed by atoms with Crippen molar-refractivity contribution < 1.29 is 19.1 Å². The number of rotatable bonds is 7. The molecule has 0 unspecified atom stereocenters. The lowest BCUT2D eigenvalue weighted by Crippen LogP contribution is -2.45. The zero-order chi connectivity index (χ0) is 20.2. The molecule has 29 heavy (non-hydrogen) atoms. The molecule has 3 aliphatic rings. The highest BCUT2D eigenvalue weighted by Gasteiger charge is 2.25. The van der Waals surface area contributed by atoms with Crippen LogP contribution in [0.2, 0.25) is 0 Å². The molecule has 0 atom stereocenters. The second-order valence-corrected chi connectivity index (χ2v) is 8.44. The Balaban J connectivity index is 1.19. The number of fused-ring (bicyclic) bond motifs is 1. The van der Waals surface area contributed by atoms with E-state index in [-0.39, 0.29) is 18.0 Å². The molecule has 0 radical (unpaired) electrons. The third-order valence-corrected chi connectivity index (χ3v) is 6.04. The Hall–Kier alpha value is -2.28. The van der Waals surface area contributed by atoms with Crippen LogP contribution >= 0.6 is 0 Å². The number of carbonyl (C=O) groups excluding carboxylic acids is 2. The Kier molecular flexibility index (Phi) is 6.23. The van der Waals surface area contributed by atoms with Gasteiger partial charge in [-0.05, 0) is 56.6 Å². The molecule has 0 aromatic heterocycles. The maximum absolute atomic E-state index is 11.8. The minimum atomic E-state index is -0.268. The fourth-order valence-electron chi connectivity index (χ4n) is 4.03. The molecule has 0 spiro atoms. The van der Waals surface area contributed by atoms with E-state index < -0.39 is 0 Å². The van der Waals surface area contributed by atoms with E-state index in [1.807, 2.05) is 19.1 Å². The highest BCUT2D eigenvalue weighted by atomic mass is 16.5. The lowest BCUT2D eigenvalue weighted by molar-refractivity contribution is -0.116.